The number of nitrogens with one attached hydrogen (secondary N) is 1. The Balaban J connectivity index is 1.16. The molecule has 32 heavy (non-hydrogen) atoms. The Hall–Kier alpha value is -2.59. The van der Waals surface area contributed by atoms with E-state index in [-0.39, 0.29) is 0 Å². The molecule has 0 saturated heterocycles. The van der Waals surface area contributed by atoms with E-state index in [0.717, 1.165) is 49.6 Å². The molecule has 4 nitrogen and oxygen atoms in total. The summed E-state index contributed by atoms with van der Waals surface area (Å²) in [5.41, 5.74) is 7.33. The van der Waals surface area contributed by atoms with Crippen LogP contribution in [-0.4, -0.2) is 33.9 Å². The second-order valence-electron chi connectivity index (χ2n) is 9.91. The summed E-state index contributed by atoms with van der Waals surface area (Å²) >= 11 is 0. The first-order valence-electron chi connectivity index (χ1n) is 12.4. The Bertz CT molecular complexity index is 1080. The molecule has 2 aromatic heterocycles. The predicted molar refractivity (Wildman–Crippen MR) is 133 cm³/mol. The van der Waals surface area contributed by atoms with Gasteiger partial charge in [0.2, 0.25) is 0 Å². The van der Waals surface area contributed by atoms with E-state index < -0.39 is 0 Å². The quantitative estimate of drug-likeness (QED) is 0.529. The van der Waals surface area contributed by atoms with Gasteiger partial charge in [-0.1, -0.05) is 63.1 Å². The predicted octanol–water partition coefficient (Wildman–Crippen LogP) is 5.64. The fourth-order valence-electron chi connectivity index (χ4n) is 5.44. The lowest BCUT2D eigenvalue weighted by atomic mass is 9.85. The SMILES string of the molecule is C=C(NCC(C)CN1CCc2ccccc2C1)c1cn2cc(C3CCCCC3)ccc2n1. The molecule has 1 fully saturated rings. The van der Waals surface area contributed by atoms with Gasteiger partial charge >= 0.3 is 0 Å². The highest BCUT2D eigenvalue weighted by molar-refractivity contribution is 5.61. The Labute approximate surface area is 192 Å². The molecule has 1 aromatic carbocycles. The van der Waals surface area contributed by atoms with Crippen LogP contribution in [0.25, 0.3) is 11.3 Å². The van der Waals surface area contributed by atoms with Crippen LogP contribution in [0.3, 0.4) is 0 Å². The summed E-state index contributed by atoms with van der Waals surface area (Å²) in [6.07, 6.45) is 12.3. The van der Waals surface area contributed by atoms with Crippen molar-refractivity contribution in [1.82, 2.24) is 19.6 Å². The monoisotopic (exact) mass is 428 g/mol. The van der Waals surface area contributed by atoms with Crippen LogP contribution >= 0.6 is 0 Å². The summed E-state index contributed by atoms with van der Waals surface area (Å²) in [6.45, 7) is 10.8. The summed E-state index contributed by atoms with van der Waals surface area (Å²) in [5.74, 6) is 1.26. The molecule has 3 aromatic rings. The summed E-state index contributed by atoms with van der Waals surface area (Å²) in [6, 6.07) is 13.3. The maximum absolute atomic E-state index is 4.81. The van der Waals surface area contributed by atoms with Gasteiger partial charge in [-0.05, 0) is 53.9 Å². The van der Waals surface area contributed by atoms with Crippen molar-refractivity contribution >= 4 is 11.3 Å². The van der Waals surface area contributed by atoms with Crippen LogP contribution in [0, 0.1) is 5.92 Å². The van der Waals surface area contributed by atoms with Crippen molar-refractivity contribution in [2.24, 2.45) is 5.92 Å². The first kappa shape index (κ1) is 21.3. The van der Waals surface area contributed by atoms with Gasteiger partial charge in [-0.2, -0.15) is 0 Å². The number of nitrogens with zero attached hydrogens (tertiary/aromatic N) is 3. The highest BCUT2D eigenvalue weighted by atomic mass is 15.1. The van der Waals surface area contributed by atoms with E-state index in [4.69, 9.17) is 4.98 Å². The average Bonchev–Trinajstić information content (AvgIpc) is 3.27. The Morgan fingerprint density at radius 3 is 2.75 bits per heavy atom. The molecule has 1 aliphatic carbocycles. The number of fused-ring (bicyclic) bond motifs is 2. The van der Waals surface area contributed by atoms with Gasteiger partial charge < -0.3 is 9.72 Å². The van der Waals surface area contributed by atoms with Crippen molar-refractivity contribution in [3.63, 3.8) is 0 Å². The first-order chi connectivity index (χ1) is 15.7. The third-order valence-electron chi connectivity index (χ3n) is 7.30. The molecule has 1 unspecified atom stereocenters. The van der Waals surface area contributed by atoms with Crippen molar-refractivity contribution in [3.05, 3.63) is 77.8 Å². The van der Waals surface area contributed by atoms with Crippen LogP contribution in [0.15, 0.2) is 55.4 Å². The van der Waals surface area contributed by atoms with Crippen LogP contribution in [0.5, 0.6) is 0 Å². The number of benzene rings is 1. The van der Waals surface area contributed by atoms with Crippen LogP contribution in [0.1, 0.15) is 67.3 Å². The molecule has 1 saturated carbocycles. The van der Waals surface area contributed by atoms with Crippen molar-refractivity contribution in [2.75, 3.05) is 19.6 Å². The summed E-state index contributed by atoms with van der Waals surface area (Å²) in [7, 11) is 0. The van der Waals surface area contributed by atoms with Gasteiger partial charge in [-0.3, -0.25) is 4.90 Å². The lowest BCUT2D eigenvalue weighted by Gasteiger charge is -2.31. The van der Waals surface area contributed by atoms with E-state index in [1.54, 1.807) is 0 Å². The summed E-state index contributed by atoms with van der Waals surface area (Å²) < 4.78 is 2.18. The maximum Gasteiger partial charge on any atom is 0.137 e. The molecular weight excluding hydrogens is 392 g/mol. The number of rotatable bonds is 7. The van der Waals surface area contributed by atoms with Crippen molar-refractivity contribution in [2.45, 2.75) is 57.9 Å². The normalized spacial score (nSPS) is 18.4. The van der Waals surface area contributed by atoms with Gasteiger partial charge in [0, 0.05) is 38.6 Å². The Morgan fingerprint density at radius 1 is 1.09 bits per heavy atom. The van der Waals surface area contributed by atoms with Gasteiger partial charge in [0.25, 0.3) is 0 Å². The van der Waals surface area contributed by atoms with Crippen LogP contribution in [0.2, 0.25) is 0 Å². The van der Waals surface area contributed by atoms with E-state index in [1.807, 2.05) is 0 Å². The molecule has 1 N–H and O–H groups in total. The minimum absolute atomic E-state index is 0.548. The summed E-state index contributed by atoms with van der Waals surface area (Å²) in [4.78, 5) is 7.39. The highest BCUT2D eigenvalue weighted by Gasteiger charge is 2.19. The molecule has 1 atom stereocenters. The van der Waals surface area contributed by atoms with Crippen molar-refractivity contribution in [1.29, 1.82) is 0 Å². The van der Waals surface area contributed by atoms with Crippen LogP contribution in [-0.2, 0) is 13.0 Å². The molecule has 4 heteroatoms. The molecule has 1 aliphatic heterocycles. The van der Waals surface area contributed by atoms with Crippen molar-refractivity contribution < 1.29 is 0 Å². The van der Waals surface area contributed by atoms with Gasteiger partial charge in [0.1, 0.15) is 11.3 Å². The second kappa shape index (κ2) is 9.50. The number of imidazole rings is 1. The lowest BCUT2D eigenvalue weighted by molar-refractivity contribution is 0.220. The minimum atomic E-state index is 0.548. The molecule has 0 spiro atoms. The molecule has 5 rings (SSSR count). The highest BCUT2D eigenvalue weighted by Crippen LogP contribution is 2.32. The average molecular weight is 429 g/mol. The standard InChI is InChI=1S/C28H36N4/c1-21(17-31-15-14-24-10-6-7-11-25(24)18-31)16-29-22(2)27-20-32-19-26(12-13-28(32)30-27)23-8-4-3-5-9-23/h6-7,10-13,19-21,23,29H,2-5,8-9,14-18H2,1H3. The molecule has 2 aliphatic rings. The van der Waals surface area contributed by atoms with Gasteiger partial charge in [-0.25, -0.2) is 4.98 Å². The van der Waals surface area contributed by atoms with E-state index in [2.05, 4.69) is 76.9 Å². The maximum atomic E-state index is 4.81. The van der Waals surface area contributed by atoms with Crippen LogP contribution in [0.4, 0.5) is 0 Å². The van der Waals surface area contributed by atoms with E-state index in [0.29, 0.717) is 11.8 Å². The van der Waals surface area contributed by atoms with E-state index in [1.165, 1.54) is 48.8 Å². The van der Waals surface area contributed by atoms with Gasteiger partial charge in [0.15, 0.2) is 0 Å². The topological polar surface area (TPSA) is 32.6 Å². The van der Waals surface area contributed by atoms with Crippen LogP contribution < -0.4 is 5.32 Å². The largest absolute Gasteiger partial charge is 0.383 e. The molecule has 3 heterocycles. The zero-order valence-corrected chi connectivity index (χ0v) is 19.4. The Kier molecular flexibility index (Phi) is 6.31. The molecule has 168 valence electrons. The Morgan fingerprint density at radius 2 is 1.91 bits per heavy atom. The second-order valence-corrected chi connectivity index (χ2v) is 9.91. The number of aromatic nitrogens is 2. The third-order valence-corrected chi connectivity index (χ3v) is 7.30. The molecule has 0 amide bonds. The van der Waals surface area contributed by atoms with E-state index >= 15 is 0 Å². The number of hydrogen-bond acceptors (Lipinski definition) is 3. The lowest BCUT2D eigenvalue weighted by Crippen LogP contribution is -2.36. The zero-order valence-electron chi connectivity index (χ0n) is 19.4. The molecular formula is C28H36N4. The van der Waals surface area contributed by atoms with Gasteiger partial charge in [-0.15, -0.1) is 0 Å². The van der Waals surface area contributed by atoms with Crippen molar-refractivity contribution in [3.8, 4) is 0 Å². The number of hydrogen-bond donors (Lipinski definition) is 1. The molecule has 0 radical (unpaired) electrons. The smallest absolute Gasteiger partial charge is 0.137 e. The molecule has 0 bridgehead atoms. The fraction of sp³-hybridized carbons (Fsp3) is 0.464. The van der Waals surface area contributed by atoms with E-state index in [9.17, 15) is 0 Å². The third kappa shape index (κ3) is 4.75. The zero-order chi connectivity index (χ0) is 21.9. The minimum Gasteiger partial charge on any atom is -0.383 e. The first-order valence-corrected chi connectivity index (χ1v) is 12.4. The fourth-order valence-corrected chi connectivity index (χ4v) is 5.44. The van der Waals surface area contributed by atoms with Gasteiger partial charge in [0.05, 0.1) is 5.70 Å². The number of pyridine rings is 1. The summed E-state index contributed by atoms with van der Waals surface area (Å²) in [5, 5.41) is 3.55.